The number of carbonyl (C=O) groups is 1. The van der Waals surface area contributed by atoms with Crippen LogP contribution in [0, 0.1) is 5.82 Å². The van der Waals surface area contributed by atoms with Crippen molar-refractivity contribution < 1.29 is 13.9 Å². The van der Waals surface area contributed by atoms with Gasteiger partial charge in [-0.25, -0.2) is 9.18 Å². The number of fused-ring (bicyclic) bond motifs is 1. The van der Waals surface area contributed by atoms with E-state index < -0.39 is 5.97 Å². The van der Waals surface area contributed by atoms with Crippen LogP contribution in [0.3, 0.4) is 0 Å². The molecule has 0 spiro atoms. The highest BCUT2D eigenvalue weighted by molar-refractivity contribution is 7.20. The Bertz CT molecular complexity index is 1070. The summed E-state index contributed by atoms with van der Waals surface area (Å²) in [5, 5.41) is 5.11. The van der Waals surface area contributed by atoms with Crippen LogP contribution in [0.5, 0.6) is 5.75 Å². The summed E-state index contributed by atoms with van der Waals surface area (Å²) < 4.78 is 21.1. The monoisotopic (exact) mass is 353 g/mol. The lowest BCUT2D eigenvalue weighted by Crippen LogP contribution is -2.06. The Morgan fingerprint density at radius 3 is 2.84 bits per heavy atom. The summed E-state index contributed by atoms with van der Waals surface area (Å²) in [7, 11) is 1.76. The van der Waals surface area contributed by atoms with Gasteiger partial charge in [0.2, 0.25) is 0 Å². The Kier molecular flexibility index (Phi) is 3.77. The quantitative estimate of drug-likeness (QED) is 0.521. The van der Waals surface area contributed by atoms with Crippen LogP contribution in [0.15, 0.2) is 54.9 Å². The number of benzene rings is 1. The first-order valence-corrected chi connectivity index (χ1v) is 8.29. The van der Waals surface area contributed by atoms with Crippen molar-refractivity contribution in [2.75, 3.05) is 0 Å². The van der Waals surface area contributed by atoms with Crippen LogP contribution in [0.4, 0.5) is 4.39 Å². The normalized spacial score (nSPS) is 11.0. The van der Waals surface area contributed by atoms with Crippen molar-refractivity contribution in [3.05, 3.63) is 65.6 Å². The van der Waals surface area contributed by atoms with Gasteiger partial charge in [0.1, 0.15) is 27.0 Å². The Hall–Kier alpha value is -3.06. The topological polar surface area (TPSA) is 57.0 Å². The van der Waals surface area contributed by atoms with E-state index in [1.807, 2.05) is 0 Å². The predicted molar refractivity (Wildman–Crippen MR) is 93.2 cm³/mol. The lowest BCUT2D eigenvalue weighted by Gasteiger charge is -2.01. The average molecular weight is 353 g/mol. The first kappa shape index (κ1) is 15.5. The first-order valence-electron chi connectivity index (χ1n) is 7.47. The molecule has 0 aliphatic carbocycles. The molecule has 0 atom stereocenters. The SMILES string of the molecule is Cn1nc(-c2ccccc2F)c2cc(C(=O)Oc3cccnc3)sc21. The molecule has 7 heteroatoms. The molecule has 0 N–H and O–H groups in total. The lowest BCUT2D eigenvalue weighted by atomic mass is 10.1. The maximum absolute atomic E-state index is 14.1. The molecule has 0 radical (unpaired) electrons. The average Bonchev–Trinajstić information content (AvgIpc) is 3.17. The summed E-state index contributed by atoms with van der Waals surface area (Å²) in [5.41, 5.74) is 0.908. The third-order valence-corrected chi connectivity index (χ3v) is 4.87. The van der Waals surface area contributed by atoms with Gasteiger partial charge in [-0.2, -0.15) is 5.10 Å². The standard InChI is InChI=1S/C18H12FN3O2S/c1-22-17-13(16(21-22)12-6-2-3-7-14(12)19)9-15(25-17)18(23)24-11-5-4-8-20-10-11/h2-10H,1H3. The molecule has 0 saturated heterocycles. The molecule has 4 rings (SSSR count). The van der Waals surface area contributed by atoms with Crippen LogP contribution in [-0.4, -0.2) is 20.7 Å². The van der Waals surface area contributed by atoms with Crippen LogP contribution in [0.25, 0.3) is 21.5 Å². The van der Waals surface area contributed by atoms with Crippen molar-refractivity contribution in [2.45, 2.75) is 0 Å². The van der Waals surface area contributed by atoms with Gasteiger partial charge in [0.05, 0.1) is 6.20 Å². The van der Waals surface area contributed by atoms with Gasteiger partial charge in [0, 0.05) is 24.2 Å². The molecule has 0 aliphatic rings. The molecule has 0 bridgehead atoms. The predicted octanol–water partition coefficient (Wildman–Crippen LogP) is 4.06. The molecule has 3 heterocycles. The summed E-state index contributed by atoms with van der Waals surface area (Å²) in [6, 6.07) is 11.5. The fourth-order valence-corrected chi connectivity index (χ4v) is 3.51. The molecule has 0 amide bonds. The number of halogens is 1. The third kappa shape index (κ3) is 2.78. The summed E-state index contributed by atoms with van der Waals surface area (Å²) in [5.74, 6) is -0.459. The number of aromatic nitrogens is 3. The van der Waals surface area contributed by atoms with Gasteiger partial charge in [0.15, 0.2) is 0 Å². The van der Waals surface area contributed by atoms with Crippen molar-refractivity contribution >= 4 is 27.5 Å². The zero-order valence-corrected chi connectivity index (χ0v) is 14.0. The van der Waals surface area contributed by atoms with Crippen LogP contribution in [0.1, 0.15) is 9.67 Å². The van der Waals surface area contributed by atoms with E-state index in [1.54, 1.807) is 54.3 Å². The molecular formula is C18H12FN3O2S. The number of hydrogen-bond acceptors (Lipinski definition) is 5. The number of aryl methyl sites for hydroxylation is 1. The van der Waals surface area contributed by atoms with Gasteiger partial charge in [0.25, 0.3) is 0 Å². The minimum atomic E-state index is -0.478. The van der Waals surface area contributed by atoms with Gasteiger partial charge in [-0.1, -0.05) is 12.1 Å². The first-order chi connectivity index (χ1) is 12.1. The second-order valence-electron chi connectivity index (χ2n) is 5.36. The van der Waals surface area contributed by atoms with Crippen LogP contribution in [-0.2, 0) is 7.05 Å². The van der Waals surface area contributed by atoms with E-state index in [9.17, 15) is 9.18 Å². The molecule has 4 aromatic rings. The Morgan fingerprint density at radius 1 is 1.24 bits per heavy atom. The fraction of sp³-hybridized carbons (Fsp3) is 0.0556. The Labute approximate surface area is 146 Å². The maximum Gasteiger partial charge on any atom is 0.353 e. The van der Waals surface area contributed by atoms with Crippen molar-refractivity contribution in [1.82, 2.24) is 14.8 Å². The van der Waals surface area contributed by atoms with Crippen LogP contribution >= 0.6 is 11.3 Å². The van der Waals surface area contributed by atoms with Gasteiger partial charge >= 0.3 is 5.97 Å². The molecular weight excluding hydrogens is 341 g/mol. The summed E-state index contributed by atoms with van der Waals surface area (Å²) in [4.78, 5) is 17.5. The number of ether oxygens (including phenoxy) is 1. The van der Waals surface area contributed by atoms with Gasteiger partial charge < -0.3 is 4.74 Å². The number of esters is 1. The second kappa shape index (κ2) is 6.10. The number of carbonyl (C=O) groups excluding carboxylic acids is 1. The van der Waals surface area contributed by atoms with E-state index in [2.05, 4.69) is 10.1 Å². The highest BCUT2D eigenvalue weighted by Crippen LogP contribution is 2.35. The number of pyridine rings is 1. The molecule has 5 nitrogen and oxygen atoms in total. The molecule has 1 aromatic carbocycles. The molecule has 0 aliphatic heterocycles. The fourth-order valence-electron chi connectivity index (χ4n) is 2.56. The van der Waals surface area contributed by atoms with Gasteiger partial charge in [-0.15, -0.1) is 11.3 Å². The summed E-state index contributed by atoms with van der Waals surface area (Å²) in [6.45, 7) is 0. The summed E-state index contributed by atoms with van der Waals surface area (Å²) >= 11 is 1.26. The van der Waals surface area contributed by atoms with E-state index in [4.69, 9.17) is 4.74 Å². The molecule has 25 heavy (non-hydrogen) atoms. The zero-order chi connectivity index (χ0) is 17.4. The number of nitrogens with zero attached hydrogens (tertiary/aromatic N) is 3. The number of rotatable bonds is 3. The lowest BCUT2D eigenvalue weighted by molar-refractivity contribution is 0.0739. The molecule has 124 valence electrons. The number of thiophene rings is 1. The van der Waals surface area contributed by atoms with Crippen LogP contribution in [0.2, 0.25) is 0 Å². The maximum atomic E-state index is 14.1. The van der Waals surface area contributed by atoms with E-state index in [-0.39, 0.29) is 5.82 Å². The van der Waals surface area contributed by atoms with Gasteiger partial charge in [-0.05, 0) is 30.3 Å². The van der Waals surface area contributed by atoms with E-state index >= 15 is 0 Å². The zero-order valence-electron chi connectivity index (χ0n) is 13.1. The molecule has 0 fully saturated rings. The van der Waals surface area contributed by atoms with Gasteiger partial charge in [-0.3, -0.25) is 9.67 Å². The van der Waals surface area contributed by atoms with Crippen molar-refractivity contribution in [2.24, 2.45) is 7.05 Å². The van der Waals surface area contributed by atoms with Crippen LogP contribution < -0.4 is 4.74 Å². The highest BCUT2D eigenvalue weighted by Gasteiger charge is 2.20. The van der Waals surface area contributed by atoms with Crippen molar-refractivity contribution in [3.8, 4) is 17.0 Å². The van der Waals surface area contributed by atoms with E-state index in [0.717, 1.165) is 10.2 Å². The molecule has 0 saturated carbocycles. The van der Waals surface area contributed by atoms with E-state index in [0.29, 0.717) is 21.9 Å². The number of hydrogen-bond donors (Lipinski definition) is 0. The Morgan fingerprint density at radius 2 is 2.08 bits per heavy atom. The minimum Gasteiger partial charge on any atom is -0.421 e. The van der Waals surface area contributed by atoms with Crippen molar-refractivity contribution in [3.63, 3.8) is 0 Å². The smallest absolute Gasteiger partial charge is 0.353 e. The second-order valence-corrected chi connectivity index (χ2v) is 6.39. The van der Waals surface area contributed by atoms with Crippen molar-refractivity contribution in [1.29, 1.82) is 0 Å². The summed E-state index contributed by atoms with van der Waals surface area (Å²) in [6.07, 6.45) is 3.07. The highest BCUT2D eigenvalue weighted by atomic mass is 32.1. The third-order valence-electron chi connectivity index (χ3n) is 3.69. The molecule has 3 aromatic heterocycles. The Balaban J connectivity index is 1.75. The largest absolute Gasteiger partial charge is 0.421 e. The molecule has 0 unspecified atom stereocenters. The van der Waals surface area contributed by atoms with E-state index in [1.165, 1.54) is 23.6 Å². The minimum absolute atomic E-state index is 0.354.